The lowest BCUT2D eigenvalue weighted by Crippen LogP contribution is -2.43. The number of aryl methyl sites for hydroxylation is 2. The first-order valence-corrected chi connectivity index (χ1v) is 9.03. The average molecular weight is 395 g/mol. The quantitative estimate of drug-likeness (QED) is 0.804. The Morgan fingerprint density at radius 3 is 2.59 bits per heavy atom. The largest absolute Gasteiger partial charge is 0.322 e. The Bertz CT molecular complexity index is 1050. The summed E-state index contributed by atoms with van der Waals surface area (Å²) in [5.74, 6) is -2.12. The fourth-order valence-electron chi connectivity index (χ4n) is 3.37. The van der Waals surface area contributed by atoms with Gasteiger partial charge in [-0.15, -0.1) is 0 Å². The molecule has 0 aromatic heterocycles. The van der Waals surface area contributed by atoms with Crippen molar-refractivity contribution in [3.63, 3.8) is 0 Å². The SMILES string of the molecule is Cc1ccc(N2C(=O)[C@@H]3[C@@H](N=NN3CC(=O)Nc3ccccc3F)C2=O)cc1C. The predicted molar refractivity (Wildman–Crippen MR) is 103 cm³/mol. The molecule has 0 unspecified atom stereocenters. The van der Waals surface area contributed by atoms with E-state index in [4.69, 9.17) is 0 Å². The molecule has 3 amide bonds. The van der Waals surface area contributed by atoms with Gasteiger partial charge in [-0.25, -0.2) is 9.29 Å². The maximum atomic E-state index is 13.7. The van der Waals surface area contributed by atoms with E-state index in [0.717, 1.165) is 16.0 Å². The maximum absolute atomic E-state index is 13.7. The summed E-state index contributed by atoms with van der Waals surface area (Å²) in [5.41, 5.74) is 2.47. The molecule has 1 N–H and O–H groups in total. The maximum Gasteiger partial charge on any atom is 0.263 e. The Morgan fingerprint density at radius 2 is 1.86 bits per heavy atom. The van der Waals surface area contributed by atoms with E-state index in [0.29, 0.717) is 5.69 Å². The van der Waals surface area contributed by atoms with E-state index in [2.05, 4.69) is 15.7 Å². The van der Waals surface area contributed by atoms with E-state index in [1.165, 1.54) is 23.2 Å². The third kappa shape index (κ3) is 3.24. The molecule has 148 valence electrons. The summed E-state index contributed by atoms with van der Waals surface area (Å²) >= 11 is 0. The van der Waals surface area contributed by atoms with Gasteiger partial charge in [-0.2, -0.15) is 5.11 Å². The molecule has 2 aliphatic heterocycles. The second kappa shape index (κ2) is 7.08. The summed E-state index contributed by atoms with van der Waals surface area (Å²) in [4.78, 5) is 39.1. The van der Waals surface area contributed by atoms with Gasteiger partial charge in [-0.1, -0.05) is 23.4 Å². The molecule has 29 heavy (non-hydrogen) atoms. The molecule has 0 aliphatic carbocycles. The van der Waals surface area contributed by atoms with E-state index in [-0.39, 0.29) is 12.2 Å². The predicted octanol–water partition coefficient (Wildman–Crippen LogP) is 2.37. The van der Waals surface area contributed by atoms with Crippen molar-refractivity contribution in [2.45, 2.75) is 25.9 Å². The molecule has 0 radical (unpaired) electrons. The normalized spacial score (nSPS) is 20.4. The monoisotopic (exact) mass is 395 g/mol. The van der Waals surface area contributed by atoms with Crippen molar-refractivity contribution < 1.29 is 18.8 Å². The Labute approximate surface area is 166 Å². The molecule has 8 nitrogen and oxygen atoms in total. The van der Waals surface area contributed by atoms with Gasteiger partial charge < -0.3 is 5.32 Å². The highest BCUT2D eigenvalue weighted by Gasteiger charge is 2.55. The number of benzene rings is 2. The molecular weight excluding hydrogens is 377 g/mol. The van der Waals surface area contributed by atoms with Crippen molar-refractivity contribution in [2.75, 3.05) is 16.8 Å². The first kappa shape index (κ1) is 18.7. The molecule has 2 aromatic rings. The zero-order chi connectivity index (χ0) is 20.7. The Balaban J connectivity index is 1.51. The van der Waals surface area contributed by atoms with Gasteiger partial charge in [0.05, 0.1) is 11.4 Å². The van der Waals surface area contributed by atoms with Gasteiger partial charge in [0.1, 0.15) is 12.4 Å². The topological polar surface area (TPSA) is 94.4 Å². The Morgan fingerprint density at radius 1 is 1.10 bits per heavy atom. The molecule has 9 heteroatoms. The lowest BCUT2D eigenvalue weighted by Gasteiger charge is -2.20. The van der Waals surface area contributed by atoms with Gasteiger partial charge in [0.2, 0.25) is 5.91 Å². The van der Waals surface area contributed by atoms with Crippen LogP contribution < -0.4 is 10.2 Å². The van der Waals surface area contributed by atoms with Crippen LogP contribution in [0.25, 0.3) is 0 Å². The lowest BCUT2D eigenvalue weighted by atomic mass is 10.1. The standard InChI is InChI=1S/C20H18FN5O3/c1-11-7-8-13(9-12(11)2)26-19(28)17-18(20(26)29)25(24-23-17)10-16(27)22-15-6-4-3-5-14(15)21/h3-9,17-18H,10H2,1-2H3,(H,22,27)/t17-,18+/m1/s1. The number of hydrogen-bond donors (Lipinski definition) is 1. The zero-order valence-corrected chi connectivity index (χ0v) is 15.8. The number of fused-ring (bicyclic) bond motifs is 1. The van der Waals surface area contributed by atoms with Gasteiger partial charge in [0.15, 0.2) is 12.1 Å². The van der Waals surface area contributed by atoms with E-state index in [1.807, 2.05) is 19.9 Å². The summed E-state index contributed by atoms with van der Waals surface area (Å²) in [6, 6.07) is 9.06. The van der Waals surface area contributed by atoms with Crippen molar-refractivity contribution in [3.8, 4) is 0 Å². The molecular formula is C20H18FN5O3. The molecule has 2 atom stereocenters. The molecule has 0 spiro atoms. The molecule has 2 heterocycles. The number of imide groups is 1. The molecule has 0 saturated carbocycles. The highest BCUT2D eigenvalue weighted by atomic mass is 19.1. The number of carbonyl (C=O) groups is 3. The molecule has 2 aliphatic rings. The molecule has 2 aromatic carbocycles. The van der Waals surface area contributed by atoms with E-state index in [1.54, 1.807) is 18.2 Å². The number of para-hydroxylation sites is 1. The van der Waals surface area contributed by atoms with Crippen LogP contribution in [-0.4, -0.2) is 41.4 Å². The summed E-state index contributed by atoms with van der Waals surface area (Å²) in [6.45, 7) is 3.49. The summed E-state index contributed by atoms with van der Waals surface area (Å²) in [5, 5.41) is 11.3. The molecule has 4 rings (SSSR count). The minimum atomic E-state index is -0.995. The van der Waals surface area contributed by atoms with Crippen LogP contribution in [0.4, 0.5) is 15.8 Å². The number of amides is 3. The minimum absolute atomic E-state index is 0.0239. The van der Waals surface area contributed by atoms with Crippen molar-refractivity contribution in [3.05, 3.63) is 59.4 Å². The first-order chi connectivity index (χ1) is 13.9. The minimum Gasteiger partial charge on any atom is -0.322 e. The van der Waals surface area contributed by atoms with Crippen molar-refractivity contribution >= 4 is 29.1 Å². The lowest BCUT2D eigenvalue weighted by molar-refractivity contribution is -0.123. The van der Waals surface area contributed by atoms with Crippen LogP contribution in [0.15, 0.2) is 52.8 Å². The Hall–Kier alpha value is -3.62. The van der Waals surface area contributed by atoms with Gasteiger partial charge in [-0.3, -0.25) is 19.4 Å². The van der Waals surface area contributed by atoms with E-state index in [9.17, 15) is 18.8 Å². The van der Waals surface area contributed by atoms with Gasteiger partial charge in [0, 0.05) is 0 Å². The fourth-order valence-corrected chi connectivity index (χ4v) is 3.37. The van der Waals surface area contributed by atoms with Crippen LogP contribution in [0.5, 0.6) is 0 Å². The summed E-state index contributed by atoms with van der Waals surface area (Å²) < 4.78 is 13.7. The number of nitrogens with one attached hydrogen (secondary N) is 1. The second-order valence-corrected chi connectivity index (χ2v) is 7.00. The Kier molecular flexibility index (Phi) is 4.57. The number of nitrogens with zero attached hydrogens (tertiary/aromatic N) is 4. The fraction of sp³-hybridized carbons (Fsp3) is 0.250. The van der Waals surface area contributed by atoms with Crippen LogP contribution in [0, 0.1) is 19.7 Å². The van der Waals surface area contributed by atoms with Crippen LogP contribution in [0.3, 0.4) is 0 Å². The number of rotatable bonds is 4. The van der Waals surface area contributed by atoms with Crippen molar-refractivity contribution in [1.82, 2.24) is 5.01 Å². The van der Waals surface area contributed by atoms with Crippen molar-refractivity contribution in [1.29, 1.82) is 0 Å². The zero-order valence-electron chi connectivity index (χ0n) is 15.8. The summed E-state index contributed by atoms with van der Waals surface area (Å²) in [6.07, 6.45) is 0. The third-order valence-electron chi connectivity index (χ3n) is 5.06. The number of halogens is 1. The van der Waals surface area contributed by atoms with Crippen LogP contribution >= 0.6 is 0 Å². The molecule has 0 bridgehead atoms. The van der Waals surface area contributed by atoms with Crippen LogP contribution in [0.2, 0.25) is 0 Å². The number of hydrogen-bond acceptors (Lipinski definition) is 6. The van der Waals surface area contributed by atoms with Crippen LogP contribution in [0.1, 0.15) is 11.1 Å². The van der Waals surface area contributed by atoms with Crippen molar-refractivity contribution in [2.24, 2.45) is 10.3 Å². The average Bonchev–Trinajstić information content (AvgIpc) is 3.20. The number of anilines is 2. The highest BCUT2D eigenvalue weighted by molar-refractivity contribution is 6.25. The highest BCUT2D eigenvalue weighted by Crippen LogP contribution is 2.32. The van der Waals surface area contributed by atoms with E-state index < -0.39 is 35.6 Å². The van der Waals surface area contributed by atoms with Gasteiger partial charge in [-0.05, 0) is 49.2 Å². The summed E-state index contributed by atoms with van der Waals surface area (Å²) in [7, 11) is 0. The first-order valence-electron chi connectivity index (χ1n) is 9.03. The second-order valence-electron chi connectivity index (χ2n) is 7.00. The third-order valence-corrected chi connectivity index (χ3v) is 5.06. The van der Waals surface area contributed by atoms with Gasteiger partial charge in [0.25, 0.3) is 11.8 Å². The molecule has 1 fully saturated rings. The van der Waals surface area contributed by atoms with E-state index >= 15 is 0 Å². The smallest absolute Gasteiger partial charge is 0.263 e. The molecule has 1 saturated heterocycles. The van der Waals surface area contributed by atoms with Gasteiger partial charge >= 0.3 is 0 Å². The van der Waals surface area contributed by atoms with Crippen LogP contribution in [-0.2, 0) is 14.4 Å². The number of carbonyl (C=O) groups excluding carboxylic acids is 3.